The average Bonchev–Trinajstić information content (AvgIpc) is 2.81. The van der Waals surface area contributed by atoms with E-state index in [2.05, 4.69) is 32.8 Å². The summed E-state index contributed by atoms with van der Waals surface area (Å²) in [7, 11) is -5.27. The number of hydrogen-bond donors (Lipinski definition) is 0. The molecule has 0 amide bonds. The Morgan fingerprint density at radius 2 is 0.629 bits per heavy atom. The molecule has 0 bridgehead atoms. The van der Waals surface area contributed by atoms with E-state index in [4.69, 9.17) is 0 Å². The predicted octanol–water partition coefficient (Wildman–Crippen LogP) is 6.53. The van der Waals surface area contributed by atoms with Gasteiger partial charge in [-0.2, -0.15) is 17.2 Å². The second kappa shape index (κ2) is 39.9. The Kier molecular flexibility index (Phi) is 46.7. The molecule has 0 saturated carbocycles. The molecule has 0 rings (SSSR count). The maximum absolute atomic E-state index is 10.1. The van der Waals surface area contributed by atoms with Crippen LogP contribution in [0, 0.1) is 0 Å². The summed E-state index contributed by atoms with van der Waals surface area (Å²) in [6, 6.07) is 0. The topological polar surface area (TPSA) is 111 Å². The van der Waals surface area contributed by atoms with Gasteiger partial charge in [-0.1, -0.05) is 129 Å². The van der Waals surface area contributed by atoms with Crippen molar-refractivity contribution in [2.24, 2.45) is 0 Å². The zero-order valence-corrected chi connectivity index (χ0v) is 28.0. The first kappa shape index (κ1) is 40.9. The van der Waals surface area contributed by atoms with Crippen LogP contribution >= 0.6 is 17.2 Å². The van der Waals surface area contributed by atoms with Crippen molar-refractivity contribution in [3.8, 4) is 0 Å². The van der Waals surface area contributed by atoms with Gasteiger partial charge >= 0.3 is 31.0 Å². The van der Waals surface area contributed by atoms with E-state index in [1.807, 2.05) is 0 Å². The van der Waals surface area contributed by atoms with Gasteiger partial charge in [-0.15, -0.1) is 0 Å². The van der Waals surface area contributed by atoms with Crippen LogP contribution in [-0.2, 0) is 9.05 Å². The second-order valence-corrected chi connectivity index (χ2v) is 13.2. The molecule has 0 atom stereocenters. The Labute approximate surface area is 231 Å². The molecule has 210 valence electrons. The average molecular weight is 645 g/mol. The molecule has 0 aromatic carbocycles. The van der Waals surface area contributed by atoms with E-state index in [1.165, 1.54) is 103 Å². The molecule has 0 N–H and O–H groups in total. The first-order chi connectivity index (χ1) is 17.0. The molecular formula is C26H56O6P2Sn. The van der Waals surface area contributed by atoms with Gasteiger partial charge in [-0.25, -0.2) is 0 Å². The molecule has 0 unspecified atom stereocenters. The van der Waals surface area contributed by atoms with Crippen molar-refractivity contribution < 1.29 is 28.6 Å². The molecule has 0 spiro atoms. The van der Waals surface area contributed by atoms with Crippen LogP contribution in [0.1, 0.15) is 142 Å². The number of rotatable bonds is 24. The Balaban J connectivity index is -0.000000525. The Hall–Kier alpha value is 1.42. The van der Waals surface area contributed by atoms with Crippen molar-refractivity contribution in [3.63, 3.8) is 0 Å². The summed E-state index contributed by atoms with van der Waals surface area (Å²) >= 11 is 0.230. The van der Waals surface area contributed by atoms with E-state index >= 15 is 0 Å². The molecule has 0 aromatic rings. The van der Waals surface area contributed by atoms with E-state index in [0.29, 0.717) is 13.2 Å². The van der Waals surface area contributed by atoms with Crippen LogP contribution in [0.5, 0.6) is 0 Å². The van der Waals surface area contributed by atoms with Gasteiger partial charge in [-0.05, 0) is 12.8 Å². The van der Waals surface area contributed by atoms with Crippen LogP contribution in [0.3, 0.4) is 0 Å². The molecule has 6 radical (unpaired) electrons. The maximum atomic E-state index is 10.1. The monoisotopic (exact) mass is 646 g/mol. The number of hydrogen-bond acceptors (Lipinski definition) is 6. The van der Waals surface area contributed by atoms with Crippen LogP contribution in [0.25, 0.3) is 0 Å². The van der Waals surface area contributed by atoms with Crippen molar-refractivity contribution in [1.29, 1.82) is 0 Å². The standard InChI is InChI=1S/2C12H25O3P.2CH3.Sn/c2*1-2-3-4-5-6-7-8-9-10-11-12-15-16(13)14;;;/h2*2-12H2,1H3;2*1H3;/q2*-2;;;+4. The fourth-order valence-electron chi connectivity index (χ4n) is 3.46. The molecular weight excluding hydrogens is 589 g/mol. The summed E-state index contributed by atoms with van der Waals surface area (Å²) < 4.78 is 8.94. The molecule has 6 nitrogen and oxygen atoms in total. The van der Waals surface area contributed by atoms with E-state index in [-0.39, 0.29) is 21.1 Å². The van der Waals surface area contributed by atoms with Crippen LogP contribution < -0.4 is 19.6 Å². The molecule has 0 saturated heterocycles. The molecule has 0 aromatic heterocycles. The minimum absolute atomic E-state index is 0.230. The summed E-state index contributed by atoms with van der Waals surface area (Å²) in [5, 5.41) is 0. The molecule has 9 heteroatoms. The van der Waals surface area contributed by atoms with Crippen LogP contribution in [0.2, 0.25) is 9.88 Å². The predicted molar refractivity (Wildman–Crippen MR) is 147 cm³/mol. The van der Waals surface area contributed by atoms with Gasteiger partial charge in [0.05, 0.1) is 0 Å². The van der Waals surface area contributed by atoms with E-state index < -0.39 is 17.2 Å². The third-order valence-corrected chi connectivity index (χ3v) is 6.18. The van der Waals surface area contributed by atoms with Crippen molar-refractivity contribution in [2.45, 2.75) is 152 Å². The van der Waals surface area contributed by atoms with E-state index in [9.17, 15) is 19.6 Å². The molecule has 0 fully saturated rings. The van der Waals surface area contributed by atoms with Crippen LogP contribution in [0.15, 0.2) is 0 Å². The molecule has 35 heavy (non-hydrogen) atoms. The van der Waals surface area contributed by atoms with Crippen molar-refractivity contribution in [1.82, 2.24) is 0 Å². The minimum atomic E-state index is -2.64. The fourth-order valence-corrected chi connectivity index (χ4v) is 4.01. The second-order valence-electron chi connectivity index (χ2n) is 8.98. The van der Waals surface area contributed by atoms with Crippen LogP contribution in [-0.4, -0.2) is 34.4 Å². The van der Waals surface area contributed by atoms with Gasteiger partial charge in [0.2, 0.25) is 0 Å². The SMILES string of the molecule is CCCCCCCCCCCCOP([O-])[O-].CCCCCCCCCCCCOP([O-])[O-].[CH3][Sn+4][CH3]. The molecule has 0 heterocycles. The molecule has 0 aliphatic rings. The molecule has 0 aliphatic heterocycles. The van der Waals surface area contributed by atoms with Crippen LogP contribution in [0.4, 0.5) is 0 Å². The van der Waals surface area contributed by atoms with Gasteiger partial charge in [0.15, 0.2) is 0 Å². The van der Waals surface area contributed by atoms with Crippen molar-refractivity contribution in [3.05, 3.63) is 0 Å². The zero-order chi connectivity index (χ0) is 26.8. The first-order valence-corrected chi connectivity index (χ1v) is 22.0. The summed E-state index contributed by atoms with van der Waals surface area (Å²) in [5.41, 5.74) is 0. The normalized spacial score (nSPS) is 10.8. The zero-order valence-electron chi connectivity index (χ0n) is 23.4. The third-order valence-electron chi connectivity index (χ3n) is 5.39. The summed E-state index contributed by atoms with van der Waals surface area (Å²) in [6.07, 6.45) is 25.0. The van der Waals surface area contributed by atoms with Gasteiger partial charge in [0.1, 0.15) is 0 Å². The van der Waals surface area contributed by atoms with Gasteiger partial charge in [0.25, 0.3) is 0 Å². The Morgan fingerprint density at radius 1 is 0.429 bits per heavy atom. The van der Waals surface area contributed by atoms with Gasteiger partial charge < -0.3 is 28.6 Å². The van der Waals surface area contributed by atoms with E-state index in [1.54, 1.807) is 0 Å². The Morgan fingerprint density at radius 3 is 0.829 bits per heavy atom. The van der Waals surface area contributed by atoms with Crippen molar-refractivity contribution >= 4 is 38.3 Å². The third kappa shape index (κ3) is 52.6. The van der Waals surface area contributed by atoms with E-state index in [0.717, 1.165) is 25.7 Å². The summed E-state index contributed by atoms with van der Waals surface area (Å²) in [5.74, 6) is 0. The first-order valence-electron chi connectivity index (χ1n) is 14.1. The summed E-state index contributed by atoms with van der Waals surface area (Å²) in [4.78, 5) is 44.9. The quantitative estimate of drug-likeness (QED) is 0.0671. The van der Waals surface area contributed by atoms with Crippen molar-refractivity contribution in [2.75, 3.05) is 13.2 Å². The molecule has 0 aliphatic carbocycles. The number of unbranched alkanes of at least 4 members (excludes halogenated alkanes) is 18. The summed E-state index contributed by atoms with van der Waals surface area (Å²) in [6.45, 7) is 5.18. The van der Waals surface area contributed by atoms with Gasteiger partial charge in [-0.3, -0.25) is 0 Å². The van der Waals surface area contributed by atoms with Gasteiger partial charge in [0, 0.05) is 13.2 Å². The fraction of sp³-hybridized carbons (Fsp3) is 1.00. The Bertz CT molecular complexity index is 313.